The Morgan fingerprint density at radius 3 is 2.38 bits per heavy atom. The summed E-state index contributed by atoms with van der Waals surface area (Å²) in [6.45, 7) is 0. The molecule has 0 saturated carbocycles. The molecule has 0 aromatic heterocycles. The zero-order valence-electron chi connectivity index (χ0n) is 6.37. The number of carbonyl (C=O) groups excluding carboxylic acids is 1. The second-order valence-corrected chi connectivity index (χ2v) is 3.02. The lowest BCUT2D eigenvalue weighted by Crippen LogP contribution is -2.02. The lowest BCUT2D eigenvalue weighted by Gasteiger charge is -1.98. The number of halogens is 2. The Morgan fingerprint density at radius 2 is 1.92 bits per heavy atom. The number of hydrogen-bond acceptors (Lipinski definition) is 1. The normalized spacial score (nSPS) is 9.08. The molecule has 0 N–H and O–H groups in total. The fraction of sp³-hybridized carbons (Fsp3) is 0. The number of ketones is 1. The zero-order chi connectivity index (χ0) is 9.84. The molecule has 1 aromatic carbocycles. The van der Waals surface area contributed by atoms with Crippen molar-refractivity contribution < 1.29 is 9.58 Å². The van der Waals surface area contributed by atoms with E-state index < -0.39 is 5.78 Å². The first-order valence-corrected chi connectivity index (χ1v) is 4.08. The van der Waals surface area contributed by atoms with E-state index in [-0.39, 0.29) is 15.6 Å². The van der Waals surface area contributed by atoms with Crippen molar-refractivity contribution in [3.63, 3.8) is 0 Å². The van der Waals surface area contributed by atoms with Gasteiger partial charge >= 0.3 is 6.21 Å². The zero-order valence-corrected chi connectivity index (χ0v) is 7.88. The van der Waals surface area contributed by atoms with E-state index in [1.54, 1.807) is 6.07 Å². The van der Waals surface area contributed by atoms with Gasteiger partial charge in [-0.15, -0.1) is 0 Å². The highest BCUT2D eigenvalue weighted by molar-refractivity contribution is 6.46. The summed E-state index contributed by atoms with van der Waals surface area (Å²) in [7, 11) is 0. The molecule has 0 amide bonds. The minimum absolute atomic E-state index is 0.142. The van der Waals surface area contributed by atoms with Crippen molar-refractivity contribution >= 4 is 35.2 Å². The van der Waals surface area contributed by atoms with Crippen LogP contribution in [0, 0.1) is 0 Å². The van der Waals surface area contributed by atoms with Crippen molar-refractivity contribution in [1.29, 1.82) is 0 Å². The molecule has 0 unspecified atom stereocenters. The van der Waals surface area contributed by atoms with E-state index in [4.69, 9.17) is 28.7 Å². The molecule has 0 spiro atoms. The van der Waals surface area contributed by atoms with Crippen molar-refractivity contribution in [2.45, 2.75) is 0 Å². The van der Waals surface area contributed by atoms with Crippen LogP contribution in [0.3, 0.4) is 0 Å². The lowest BCUT2D eigenvalue weighted by atomic mass is 10.1. The van der Waals surface area contributed by atoms with Crippen LogP contribution in [0.4, 0.5) is 0 Å². The Bertz CT molecular complexity index is 377. The van der Waals surface area contributed by atoms with Crippen LogP contribution in [-0.2, 0) is 0 Å². The number of hydrogen-bond donors (Lipinski definition) is 0. The number of nitrogens with zero attached hydrogens (tertiary/aromatic N) is 2. The maximum atomic E-state index is 11.2. The molecule has 0 saturated heterocycles. The second kappa shape index (κ2) is 4.19. The number of Topliss-reactive ketones (excluding diaryl/α,β-unsaturated/α-hetero) is 1. The Balaban J connectivity index is 3.27. The monoisotopic (exact) mass is 214 g/mol. The van der Waals surface area contributed by atoms with Gasteiger partial charge in [0, 0.05) is 0 Å². The highest BCUT2D eigenvalue weighted by Crippen LogP contribution is 2.23. The molecule has 0 aliphatic carbocycles. The van der Waals surface area contributed by atoms with Gasteiger partial charge in [-0.1, -0.05) is 29.3 Å². The van der Waals surface area contributed by atoms with Gasteiger partial charge in [-0.25, -0.2) is 0 Å². The summed E-state index contributed by atoms with van der Waals surface area (Å²) in [4.78, 5) is 13.8. The molecule has 13 heavy (non-hydrogen) atoms. The van der Waals surface area contributed by atoms with Crippen LogP contribution in [-0.4, -0.2) is 16.8 Å². The lowest BCUT2D eigenvalue weighted by molar-refractivity contribution is 0.00235. The summed E-state index contributed by atoms with van der Waals surface area (Å²) in [6, 6.07) is 4.69. The average Bonchev–Trinajstić information content (AvgIpc) is 2.04. The van der Waals surface area contributed by atoms with E-state index in [2.05, 4.69) is 4.79 Å². The molecule has 0 fully saturated rings. The molecular weight excluding hydrogens is 211 g/mol. The largest absolute Gasteiger partial charge is 0.361 e. The first-order valence-electron chi connectivity index (χ1n) is 3.32. The number of rotatable bonds is 2. The quantitative estimate of drug-likeness (QED) is 0.323. The van der Waals surface area contributed by atoms with Crippen LogP contribution in [0.5, 0.6) is 0 Å². The van der Waals surface area contributed by atoms with Crippen LogP contribution >= 0.6 is 23.2 Å². The van der Waals surface area contributed by atoms with Gasteiger partial charge in [0.1, 0.15) is 0 Å². The third-order valence-electron chi connectivity index (χ3n) is 1.38. The Morgan fingerprint density at radius 1 is 1.38 bits per heavy atom. The maximum absolute atomic E-state index is 11.2. The predicted molar refractivity (Wildman–Crippen MR) is 50.5 cm³/mol. The molecule has 0 bridgehead atoms. The average molecular weight is 215 g/mol. The number of carbonyl (C=O) groups is 1. The minimum Gasteiger partial charge on any atom is -0.361 e. The molecule has 66 valence electrons. The summed E-state index contributed by atoms with van der Waals surface area (Å²) >= 11 is 11.4. The van der Waals surface area contributed by atoms with E-state index in [0.717, 1.165) is 6.21 Å². The Labute approximate surface area is 84.5 Å². The maximum Gasteiger partial charge on any atom is 0.328 e. The summed E-state index contributed by atoms with van der Waals surface area (Å²) < 4.78 is 0. The smallest absolute Gasteiger partial charge is 0.328 e. The highest BCUT2D eigenvalue weighted by Gasteiger charge is 2.15. The third-order valence-corrected chi connectivity index (χ3v) is 2.01. The number of benzene rings is 1. The van der Waals surface area contributed by atoms with E-state index in [1.807, 2.05) is 0 Å². The van der Waals surface area contributed by atoms with Crippen molar-refractivity contribution in [3.05, 3.63) is 39.3 Å². The molecule has 0 aliphatic rings. The third kappa shape index (κ3) is 2.16. The molecular formula is C8H4Cl2N2O. The molecule has 5 heteroatoms. The van der Waals surface area contributed by atoms with Gasteiger partial charge in [-0.2, -0.15) is 4.79 Å². The van der Waals surface area contributed by atoms with Crippen molar-refractivity contribution in [1.82, 2.24) is 0 Å². The van der Waals surface area contributed by atoms with Gasteiger partial charge in [0.25, 0.3) is 5.78 Å². The topological polar surface area (TPSA) is 53.5 Å². The van der Waals surface area contributed by atoms with Crippen LogP contribution in [0.1, 0.15) is 10.4 Å². The first kappa shape index (κ1) is 9.93. The molecule has 1 aromatic rings. The van der Waals surface area contributed by atoms with E-state index in [0.29, 0.717) is 0 Å². The summed E-state index contributed by atoms with van der Waals surface area (Å²) in [5, 5.41) is 0.467. The van der Waals surface area contributed by atoms with E-state index in [1.165, 1.54) is 12.1 Å². The van der Waals surface area contributed by atoms with Gasteiger partial charge < -0.3 is 5.53 Å². The van der Waals surface area contributed by atoms with Crippen LogP contribution in [0.15, 0.2) is 18.2 Å². The molecule has 0 aliphatic heterocycles. The van der Waals surface area contributed by atoms with Gasteiger partial charge in [-0.05, 0) is 12.1 Å². The fourth-order valence-corrected chi connectivity index (χ4v) is 1.43. The summed E-state index contributed by atoms with van der Waals surface area (Å²) in [5.74, 6) is -0.530. The Hall–Kier alpha value is -1.15. The Kier molecular flexibility index (Phi) is 3.20. The molecule has 0 heterocycles. The first-order chi connectivity index (χ1) is 6.16. The highest BCUT2D eigenvalue weighted by atomic mass is 35.5. The van der Waals surface area contributed by atoms with Crippen molar-refractivity contribution in [2.24, 2.45) is 0 Å². The van der Waals surface area contributed by atoms with Gasteiger partial charge in [0.2, 0.25) is 0 Å². The van der Waals surface area contributed by atoms with E-state index in [9.17, 15) is 4.79 Å². The SMILES string of the molecule is [N-]=[N+]=CC(=O)c1c(Cl)cccc1Cl. The van der Waals surface area contributed by atoms with Gasteiger partial charge in [0.05, 0.1) is 15.6 Å². The molecule has 3 nitrogen and oxygen atoms in total. The summed E-state index contributed by atoms with van der Waals surface area (Å²) in [5.41, 5.74) is 8.28. The standard InChI is InChI=1S/C8H4Cl2N2O/c9-5-2-1-3-6(10)8(5)7(13)4-12-11/h1-4H. The van der Waals surface area contributed by atoms with Crippen LogP contribution in [0.2, 0.25) is 10.0 Å². The summed E-state index contributed by atoms with van der Waals surface area (Å²) in [6.07, 6.45) is 0.743. The predicted octanol–water partition coefficient (Wildman–Crippen LogP) is 2.48. The second-order valence-electron chi connectivity index (χ2n) is 2.21. The van der Waals surface area contributed by atoms with Crippen LogP contribution < -0.4 is 0 Å². The fourth-order valence-electron chi connectivity index (χ4n) is 0.850. The minimum atomic E-state index is -0.530. The van der Waals surface area contributed by atoms with Gasteiger partial charge in [-0.3, -0.25) is 4.79 Å². The molecule has 1 rings (SSSR count). The molecule has 0 radical (unpaired) electrons. The van der Waals surface area contributed by atoms with Crippen LogP contribution in [0.25, 0.3) is 5.53 Å². The van der Waals surface area contributed by atoms with E-state index >= 15 is 0 Å². The van der Waals surface area contributed by atoms with Crippen molar-refractivity contribution in [3.8, 4) is 0 Å². The van der Waals surface area contributed by atoms with Crippen molar-refractivity contribution in [2.75, 3.05) is 0 Å². The molecule has 0 atom stereocenters. The van der Waals surface area contributed by atoms with Gasteiger partial charge in [0.15, 0.2) is 0 Å².